The van der Waals surface area contributed by atoms with Crippen LogP contribution in [0.5, 0.6) is 0 Å². The van der Waals surface area contributed by atoms with E-state index in [1.165, 1.54) is 12.2 Å². The third-order valence-corrected chi connectivity index (χ3v) is 7.01. The summed E-state index contributed by atoms with van der Waals surface area (Å²) >= 11 is 0. The van der Waals surface area contributed by atoms with Gasteiger partial charge in [0.2, 0.25) is 11.9 Å². The molecule has 1 aliphatic heterocycles. The van der Waals surface area contributed by atoms with Crippen molar-refractivity contribution in [1.82, 2.24) is 14.9 Å². The predicted octanol–water partition coefficient (Wildman–Crippen LogP) is 5.36. The molecule has 1 atom stereocenters. The number of rotatable bonds is 9. The molecule has 1 unspecified atom stereocenters. The van der Waals surface area contributed by atoms with Gasteiger partial charge in [-0.25, -0.2) is 14.8 Å². The lowest BCUT2D eigenvalue weighted by Crippen LogP contribution is -2.50. The summed E-state index contributed by atoms with van der Waals surface area (Å²) in [5, 5.41) is 7.04. The zero-order valence-electron chi connectivity index (χ0n) is 22.9. The molecule has 41 heavy (non-hydrogen) atoms. The van der Waals surface area contributed by atoms with Crippen LogP contribution >= 0.6 is 0 Å². The molecule has 2 N–H and O–H groups in total. The van der Waals surface area contributed by atoms with Crippen LogP contribution < -0.4 is 15.5 Å². The zero-order chi connectivity index (χ0) is 28.8. The van der Waals surface area contributed by atoms with E-state index in [-0.39, 0.29) is 12.1 Å². The summed E-state index contributed by atoms with van der Waals surface area (Å²) in [6, 6.07) is 21.8. The summed E-state index contributed by atoms with van der Waals surface area (Å²) in [5.74, 6) is -0.174. The van der Waals surface area contributed by atoms with Crippen LogP contribution in [-0.4, -0.2) is 59.2 Å². The molecule has 0 radical (unpaired) electrons. The first-order valence-electron chi connectivity index (χ1n) is 13.4. The smallest absolute Gasteiger partial charge is 0.331 e. The van der Waals surface area contributed by atoms with Gasteiger partial charge in [-0.1, -0.05) is 43.5 Å². The van der Waals surface area contributed by atoms with Crippen molar-refractivity contribution < 1.29 is 14.3 Å². The number of amides is 1. The number of nitrogens with one attached hydrogen (secondary N) is 2. The molecule has 2 heterocycles. The highest BCUT2D eigenvalue weighted by molar-refractivity contribution is 6.00. The SMILES string of the molecule is C=CC(=O)Nc1cccc(-c2cccc3cnc(Nc4ccc(N5CCN(C(C)OC(=O)C=C)CC5)cc4)nc23)c1. The van der Waals surface area contributed by atoms with Gasteiger partial charge < -0.3 is 20.3 Å². The van der Waals surface area contributed by atoms with Gasteiger partial charge in [-0.2, -0.15) is 0 Å². The molecule has 0 spiro atoms. The third kappa shape index (κ3) is 6.59. The van der Waals surface area contributed by atoms with E-state index in [1.807, 2.05) is 61.5 Å². The number of fused-ring (bicyclic) bond motifs is 1. The van der Waals surface area contributed by atoms with Crippen LogP contribution in [0.3, 0.4) is 0 Å². The van der Waals surface area contributed by atoms with E-state index in [4.69, 9.17) is 9.72 Å². The molecule has 1 aliphatic rings. The summed E-state index contributed by atoms with van der Waals surface area (Å²) in [4.78, 5) is 37.1. The number of anilines is 4. The van der Waals surface area contributed by atoms with Crippen molar-refractivity contribution >= 4 is 45.8 Å². The minimum atomic E-state index is -0.405. The van der Waals surface area contributed by atoms with E-state index in [9.17, 15) is 9.59 Å². The predicted molar refractivity (Wildman–Crippen MR) is 163 cm³/mol. The molecule has 3 aromatic carbocycles. The second-order valence-electron chi connectivity index (χ2n) is 9.65. The number of hydrogen-bond acceptors (Lipinski definition) is 8. The van der Waals surface area contributed by atoms with Crippen LogP contribution in [0.25, 0.3) is 22.0 Å². The van der Waals surface area contributed by atoms with Crippen molar-refractivity contribution in [2.45, 2.75) is 13.2 Å². The summed E-state index contributed by atoms with van der Waals surface area (Å²) in [7, 11) is 0. The van der Waals surface area contributed by atoms with Gasteiger partial charge in [-0.15, -0.1) is 0 Å². The van der Waals surface area contributed by atoms with E-state index < -0.39 is 5.97 Å². The quantitative estimate of drug-likeness (QED) is 0.213. The fraction of sp³-hybridized carbons (Fsp3) is 0.188. The first-order valence-corrected chi connectivity index (χ1v) is 13.4. The number of esters is 1. The highest BCUT2D eigenvalue weighted by atomic mass is 16.6. The first-order chi connectivity index (χ1) is 19.9. The van der Waals surface area contributed by atoms with Crippen LogP contribution in [-0.2, 0) is 14.3 Å². The number of hydrogen-bond donors (Lipinski definition) is 2. The van der Waals surface area contributed by atoms with Gasteiger partial charge in [0, 0.05) is 66.5 Å². The molecule has 1 fully saturated rings. The van der Waals surface area contributed by atoms with Crippen LogP contribution in [0, 0.1) is 0 Å². The van der Waals surface area contributed by atoms with E-state index in [2.05, 4.69) is 50.7 Å². The average molecular weight is 549 g/mol. The molecule has 5 rings (SSSR count). The second-order valence-corrected chi connectivity index (χ2v) is 9.65. The summed E-state index contributed by atoms with van der Waals surface area (Å²) in [6.07, 6.45) is 3.96. The maximum atomic E-state index is 11.8. The summed E-state index contributed by atoms with van der Waals surface area (Å²) < 4.78 is 5.35. The minimum absolute atomic E-state index is 0.261. The van der Waals surface area contributed by atoms with Crippen molar-refractivity contribution in [3.63, 3.8) is 0 Å². The Hall–Kier alpha value is -5.02. The molecule has 9 nitrogen and oxygen atoms in total. The molecule has 0 aliphatic carbocycles. The lowest BCUT2D eigenvalue weighted by molar-refractivity contribution is -0.151. The summed E-state index contributed by atoms with van der Waals surface area (Å²) in [6.45, 7) is 12.1. The highest BCUT2D eigenvalue weighted by Gasteiger charge is 2.23. The molecule has 208 valence electrons. The Kier molecular flexibility index (Phi) is 8.36. The number of nitrogens with zero attached hydrogens (tertiary/aromatic N) is 4. The van der Waals surface area contributed by atoms with E-state index in [0.29, 0.717) is 11.6 Å². The Balaban J connectivity index is 1.28. The van der Waals surface area contributed by atoms with Gasteiger partial charge in [0.05, 0.1) is 5.52 Å². The fourth-order valence-electron chi connectivity index (χ4n) is 4.83. The van der Waals surface area contributed by atoms with E-state index in [0.717, 1.165) is 59.6 Å². The molecule has 0 saturated carbocycles. The molecule has 1 aromatic heterocycles. The average Bonchev–Trinajstić information content (AvgIpc) is 3.01. The van der Waals surface area contributed by atoms with Crippen molar-refractivity contribution in [3.8, 4) is 11.1 Å². The molecule has 9 heteroatoms. The van der Waals surface area contributed by atoms with Gasteiger partial charge in [-0.3, -0.25) is 9.69 Å². The van der Waals surface area contributed by atoms with Gasteiger partial charge in [0.15, 0.2) is 6.23 Å². The lowest BCUT2D eigenvalue weighted by Gasteiger charge is -2.38. The van der Waals surface area contributed by atoms with Crippen LogP contribution in [0.15, 0.2) is 98.2 Å². The summed E-state index contributed by atoms with van der Waals surface area (Å²) in [5.41, 5.74) is 5.36. The number of aromatic nitrogens is 2. The second kappa shape index (κ2) is 12.4. The third-order valence-electron chi connectivity index (χ3n) is 7.01. The molecule has 4 aromatic rings. The Bertz CT molecular complexity index is 1580. The molecular weight excluding hydrogens is 516 g/mol. The Labute approximate surface area is 239 Å². The standard InChI is InChI=1S/C32H32N6O3/c1-4-29(39)34-26-10-6-8-23(20-26)28-11-7-9-24-21-33-32(36-31(24)28)35-25-12-14-27(15-13-25)38-18-16-37(17-19-38)22(3)41-30(40)5-2/h4-15,20-22H,1-2,16-19H2,3H3,(H,34,39)(H,33,35,36). The van der Waals surface area contributed by atoms with Gasteiger partial charge in [0.25, 0.3) is 0 Å². The molecule has 0 bridgehead atoms. The fourth-order valence-corrected chi connectivity index (χ4v) is 4.83. The highest BCUT2D eigenvalue weighted by Crippen LogP contribution is 2.30. The van der Waals surface area contributed by atoms with Gasteiger partial charge in [0.1, 0.15) is 0 Å². The van der Waals surface area contributed by atoms with Crippen molar-refractivity contribution in [1.29, 1.82) is 0 Å². The Morgan fingerprint density at radius 2 is 1.71 bits per heavy atom. The number of para-hydroxylation sites is 1. The minimum Gasteiger partial charge on any atom is -0.443 e. The van der Waals surface area contributed by atoms with E-state index in [1.54, 1.807) is 6.20 Å². The Morgan fingerprint density at radius 1 is 0.951 bits per heavy atom. The largest absolute Gasteiger partial charge is 0.443 e. The maximum Gasteiger partial charge on any atom is 0.331 e. The van der Waals surface area contributed by atoms with Crippen LogP contribution in [0.4, 0.5) is 23.0 Å². The maximum absolute atomic E-state index is 11.8. The molecular formula is C32H32N6O3. The van der Waals surface area contributed by atoms with Gasteiger partial charge in [-0.05, 0) is 55.0 Å². The topological polar surface area (TPSA) is 99.7 Å². The van der Waals surface area contributed by atoms with Crippen LogP contribution in [0.2, 0.25) is 0 Å². The van der Waals surface area contributed by atoms with Crippen molar-refractivity contribution in [3.05, 3.63) is 98.2 Å². The van der Waals surface area contributed by atoms with E-state index >= 15 is 0 Å². The van der Waals surface area contributed by atoms with Gasteiger partial charge >= 0.3 is 5.97 Å². The van der Waals surface area contributed by atoms with Crippen LogP contribution in [0.1, 0.15) is 6.92 Å². The molecule has 1 saturated heterocycles. The lowest BCUT2D eigenvalue weighted by atomic mass is 10.0. The first kappa shape index (κ1) is 27.5. The number of piperazine rings is 1. The van der Waals surface area contributed by atoms with Crippen molar-refractivity contribution in [2.75, 3.05) is 41.7 Å². The number of carbonyl (C=O) groups is 2. The molecule has 1 amide bonds. The zero-order valence-corrected chi connectivity index (χ0v) is 22.9. The number of carbonyl (C=O) groups excluding carboxylic acids is 2. The normalized spacial score (nSPS) is 14.2. The Morgan fingerprint density at radius 3 is 2.44 bits per heavy atom. The monoisotopic (exact) mass is 548 g/mol. The number of ether oxygens (including phenoxy) is 1. The van der Waals surface area contributed by atoms with Crippen molar-refractivity contribution in [2.24, 2.45) is 0 Å². The number of benzene rings is 3.